The minimum atomic E-state index is 0.608. The van der Waals surface area contributed by atoms with E-state index in [2.05, 4.69) is 28.3 Å². The van der Waals surface area contributed by atoms with Crippen LogP contribution in [0.3, 0.4) is 0 Å². The molecule has 0 bridgehead atoms. The summed E-state index contributed by atoms with van der Waals surface area (Å²) >= 11 is 0. The predicted octanol–water partition coefficient (Wildman–Crippen LogP) is 0.953. The molecule has 17 heavy (non-hydrogen) atoms. The summed E-state index contributed by atoms with van der Waals surface area (Å²) in [6.45, 7) is 3.94. The zero-order valence-corrected chi connectivity index (χ0v) is 10.8. The first-order valence-corrected chi connectivity index (χ1v) is 6.64. The van der Waals surface area contributed by atoms with Gasteiger partial charge in [-0.2, -0.15) is 0 Å². The van der Waals surface area contributed by atoms with Crippen molar-refractivity contribution in [2.45, 2.75) is 25.7 Å². The van der Waals surface area contributed by atoms with Gasteiger partial charge in [-0.1, -0.05) is 18.1 Å². The summed E-state index contributed by atoms with van der Waals surface area (Å²) in [5.74, 6) is 1.43. The zero-order valence-electron chi connectivity index (χ0n) is 10.8. The summed E-state index contributed by atoms with van der Waals surface area (Å²) in [4.78, 5) is 6.71. The van der Waals surface area contributed by atoms with Crippen LogP contribution in [0.2, 0.25) is 0 Å². The van der Waals surface area contributed by atoms with Crippen LogP contribution in [-0.2, 0) is 0 Å². The molecule has 0 aromatic heterocycles. The van der Waals surface area contributed by atoms with Crippen LogP contribution in [0.25, 0.3) is 0 Å². The quantitative estimate of drug-likeness (QED) is 0.434. The Morgan fingerprint density at radius 3 is 3.00 bits per heavy atom. The Hall–Kier alpha value is -1.03. The lowest BCUT2D eigenvalue weighted by Crippen LogP contribution is -2.37. The number of nitrogens with one attached hydrogen (secondary N) is 1. The Bertz CT molecular complexity index is 305. The van der Waals surface area contributed by atoms with Gasteiger partial charge < -0.3 is 16.0 Å². The third kappa shape index (κ3) is 4.04. The Morgan fingerprint density at radius 2 is 2.41 bits per heavy atom. The summed E-state index contributed by atoms with van der Waals surface area (Å²) in [5.41, 5.74) is 7.26. The van der Waals surface area contributed by atoms with Crippen LogP contribution in [0.1, 0.15) is 25.7 Å². The molecule has 0 saturated heterocycles. The van der Waals surface area contributed by atoms with Gasteiger partial charge in [0.05, 0.1) is 6.54 Å². The summed E-state index contributed by atoms with van der Waals surface area (Å²) in [7, 11) is 2.14. The lowest BCUT2D eigenvalue weighted by molar-refractivity contribution is 0.315. The molecule has 0 amide bonds. The van der Waals surface area contributed by atoms with Crippen LogP contribution in [0.5, 0.6) is 0 Å². The number of hydrogen-bond donors (Lipinski definition) is 2. The number of rotatable bonds is 4. The van der Waals surface area contributed by atoms with Crippen LogP contribution < -0.4 is 11.1 Å². The lowest BCUT2D eigenvalue weighted by Gasteiger charge is -2.25. The van der Waals surface area contributed by atoms with Gasteiger partial charge in [0.15, 0.2) is 5.96 Å². The molecule has 0 aromatic carbocycles. The van der Waals surface area contributed by atoms with Gasteiger partial charge in [-0.05, 0) is 32.2 Å². The maximum absolute atomic E-state index is 5.85. The largest absolute Gasteiger partial charge is 0.370 e. The molecular weight excluding hydrogens is 212 g/mol. The van der Waals surface area contributed by atoms with Crippen LogP contribution in [0, 0.1) is 5.92 Å². The molecule has 1 aliphatic carbocycles. The fourth-order valence-electron chi connectivity index (χ4n) is 2.14. The molecular formula is C13H24N4. The monoisotopic (exact) mass is 236 g/mol. The topological polar surface area (TPSA) is 53.6 Å². The van der Waals surface area contributed by atoms with Crippen molar-refractivity contribution < 1.29 is 0 Å². The van der Waals surface area contributed by atoms with E-state index < -0.39 is 0 Å². The molecule has 0 radical (unpaired) electrons. The van der Waals surface area contributed by atoms with Crippen LogP contribution in [0.15, 0.2) is 16.6 Å². The highest BCUT2D eigenvalue weighted by Gasteiger charge is 2.16. The normalized spacial score (nSPS) is 23.1. The van der Waals surface area contributed by atoms with E-state index in [0.717, 1.165) is 38.5 Å². The Balaban J connectivity index is 1.67. The number of aliphatic imine (C=N–C) groups is 1. The van der Waals surface area contributed by atoms with Gasteiger partial charge in [-0.15, -0.1) is 0 Å². The van der Waals surface area contributed by atoms with E-state index in [9.17, 15) is 0 Å². The summed E-state index contributed by atoms with van der Waals surface area (Å²) in [6.07, 6.45) is 7.46. The van der Waals surface area contributed by atoms with Crippen molar-refractivity contribution in [3.05, 3.63) is 11.6 Å². The van der Waals surface area contributed by atoms with Crippen molar-refractivity contribution in [1.82, 2.24) is 10.2 Å². The molecule has 1 aliphatic heterocycles. The first-order valence-electron chi connectivity index (χ1n) is 6.64. The molecule has 1 heterocycles. The average Bonchev–Trinajstić information content (AvgIpc) is 2.26. The number of guanidine groups is 1. The van der Waals surface area contributed by atoms with Crippen LogP contribution in [0.4, 0.5) is 0 Å². The van der Waals surface area contributed by atoms with Gasteiger partial charge in [0.1, 0.15) is 0 Å². The van der Waals surface area contributed by atoms with Crippen LogP contribution >= 0.6 is 0 Å². The van der Waals surface area contributed by atoms with E-state index in [1.807, 2.05) is 0 Å². The van der Waals surface area contributed by atoms with E-state index in [1.54, 1.807) is 0 Å². The maximum Gasteiger partial charge on any atom is 0.188 e. The van der Waals surface area contributed by atoms with Gasteiger partial charge in [0.2, 0.25) is 0 Å². The van der Waals surface area contributed by atoms with E-state index in [-0.39, 0.29) is 0 Å². The number of nitrogens with zero attached hydrogens (tertiary/aromatic N) is 2. The summed E-state index contributed by atoms with van der Waals surface area (Å²) in [6, 6.07) is 0. The molecule has 4 nitrogen and oxygen atoms in total. The molecule has 96 valence electrons. The lowest BCUT2D eigenvalue weighted by atomic mass is 9.85. The molecule has 3 N–H and O–H groups in total. The van der Waals surface area contributed by atoms with Crippen molar-refractivity contribution in [2.24, 2.45) is 16.6 Å². The number of likely N-dealkylation sites (N-methyl/N-ethyl adjacent to an activating group) is 1. The minimum absolute atomic E-state index is 0.608. The van der Waals surface area contributed by atoms with Crippen LogP contribution in [-0.4, -0.2) is 44.1 Å². The molecule has 4 heteroatoms. The fraction of sp³-hybridized carbons (Fsp3) is 0.769. The Labute approximate surface area is 104 Å². The second kappa shape index (κ2) is 6.05. The van der Waals surface area contributed by atoms with Gasteiger partial charge in [-0.3, -0.25) is 0 Å². The minimum Gasteiger partial charge on any atom is -0.370 e. The number of hydrogen-bond acceptors (Lipinski definition) is 2. The summed E-state index contributed by atoms with van der Waals surface area (Å²) < 4.78 is 0. The molecule has 1 saturated carbocycles. The molecule has 0 unspecified atom stereocenters. The SMILES string of the molecule is CN1CC=C(CN=C(N)NCC2CCC2)CC1. The highest BCUT2D eigenvalue weighted by Crippen LogP contribution is 2.24. The maximum atomic E-state index is 5.85. The Morgan fingerprint density at radius 1 is 1.59 bits per heavy atom. The summed E-state index contributed by atoms with van der Waals surface area (Å²) in [5, 5.41) is 3.22. The molecule has 0 aromatic rings. The van der Waals surface area contributed by atoms with E-state index >= 15 is 0 Å². The molecule has 2 rings (SSSR count). The third-order valence-electron chi connectivity index (χ3n) is 3.76. The smallest absolute Gasteiger partial charge is 0.188 e. The standard InChI is InChI=1S/C13H24N4/c1-17-7-5-12(6-8-17)10-16-13(14)15-9-11-3-2-4-11/h5,11H,2-4,6-10H2,1H3,(H3,14,15,16). The van der Waals surface area contributed by atoms with E-state index in [0.29, 0.717) is 5.96 Å². The zero-order chi connectivity index (χ0) is 12.1. The van der Waals surface area contributed by atoms with Gasteiger partial charge in [0.25, 0.3) is 0 Å². The van der Waals surface area contributed by atoms with Crippen molar-refractivity contribution >= 4 is 5.96 Å². The Kier molecular flexibility index (Phi) is 4.42. The van der Waals surface area contributed by atoms with Gasteiger partial charge in [-0.25, -0.2) is 4.99 Å². The van der Waals surface area contributed by atoms with Crippen molar-refractivity contribution in [2.75, 3.05) is 33.2 Å². The van der Waals surface area contributed by atoms with Gasteiger partial charge in [0, 0.05) is 19.6 Å². The van der Waals surface area contributed by atoms with E-state index in [1.165, 1.54) is 24.8 Å². The molecule has 0 spiro atoms. The van der Waals surface area contributed by atoms with Crippen molar-refractivity contribution in [1.29, 1.82) is 0 Å². The first-order chi connectivity index (χ1) is 8.24. The first kappa shape index (κ1) is 12.4. The molecule has 0 atom stereocenters. The van der Waals surface area contributed by atoms with Crippen molar-refractivity contribution in [3.63, 3.8) is 0 Å². The highest BCUT2D eigenvalue weighted by molar-refractivity contribution is 5.77. The second-order valence-corrected chi connectivity index (χ2v) is 5.25. The highest BCUT2D eigenvalue weighted by atomic mass is 15.1. The fourth-order valence-corrected chi connectivity index (χ4v) is 2.14. The predicted molar refractivity (Wildman–Crippen MR) is 72.0 cm³/mol. The molecule has 2 aliphatic rings. The second-order valence-electron chi connectivity index (χ2n) is 5.25. The molecule has 1 fully saturated rings. The third-order valence-corrected chi connectivity index (χ3v) is 3.76. The van der Waals surface area contributed by atoms with Gasteiger partial charge >= 0.3 is 0 Å². The van der Waals surface area contributed by atoms with Crippen molar-refractivity contribution in [3.8, 4) is 0 Å². The number of nitrogens with two attached hydrogens (primary N) is 1. The van der Waals surface area contributed by atoms with E-state index in [4.69, 9.17) is 5.73 Å². The average molecular weight is 236 g/mol.